The molecule has 15 heavy (non-hydrogen) atoms. The van der Waals surface area contributed by atoms with Gasteiger partial charge in [-0.25, -0.2) is 0 Å². The lowest BCUT2D eigenvalue weighted by molar-refractivity contribution is -0.162. The van der Waals surface area contributed by atoms with E-state index in [2.05, 4.69) is 0 Å². The van der Waals surface area contributed by atoms with Crippen molar-refractivity contribution >= 4 is 10.1 Å². The molecule has 2 rings (SSSR count). The van der Waals surface area contributed by atoms with E-state index in [1.807, 2.05) is 0 Å². The standard InChI is InChI=1S/C9H14O5S/c1-15(10,11)14-8-2-4-9(5-3-8)12-6-7-13-9/h2H,3-7H2,1H3. The Balaban J connectivity index is 2.00. The van der Waals surface area contributed by atoms with E-state index in [1.165, 1.54) is 0 Å². The minimum atomic E-state index is -3.41. The zero-order valence-corrected chi connectivity index (χ0v) is 9.38. The Morgan fingerprint density at radius 2 is 2.07 bits per heavy atom. The maximum Gasteiger partial charge on any atom is 0.305 e. The number of rotatable bonds is 2. The third-order valence-electron chi connectivity index (χ3n) is 2.47. The van der Waals surface area contributed by atoms with Crippen LogP contribution in [0.5, 0.6) is 0 Å². The first-order chi connectivity index (χ1) is 6.99. The highest BCUT2D eigenvalue weighted by Gasteiger charge is 2.38. The second kappa shape index (κ2) is 3.77. The van der Waals surface area contributed by atoms with E-state index in [9.17, 15) is 8.42 Å². The van der Waals surface area contributed by atoms with Crippen LogP contribution >= 0.6 is 0 Å². The van der Waals surface area contributed by atoms with Crippen molar-refractivity contribution in [1.29, 1.82) is 0 Å². The maximum atomic E-state index is 10.9. The average Bonchev–Trinajstić information content (AvgIpc) is 2.56. The molecule has 1 saturated heterocycles. The largest absolute Gasteiger partial charge is 0.387 e. The molecule has 0 bridgehead atoms. The Bertz CT molecular complexity index is 364. The first-order valence-electron chi connectivity index (χ1n) is 4.86. The van der Waals surface area contributed by atoms with Gasteiger partial charge in [-0.05, 0) is 6.08 Å². The molecule has 1 aliphatic heterocycles. The number of ether oxygens (including phenoxy) is 2. The Hall–Kier alpha value is -0.590. The molecule has 0 unspecified atom stereocenters. The summed E-state index contributed by atoms with van der Waals surface area (Å²) in [5, 5.41) is 0. The van der Waals surface area contributed by atoms with Gasteiger partial charge in [-0.3, -0.25) is 0 Å². The fourth-order valence-electron chi connectivity index (χ4n) is 1.82. The van der Waals surface area contributed by atoms with E-state index in [-0.39, 0.29) is 0 Å². The van der Waals surface area contributed by atoms with Crippen LogP contribution < -0.4 is 0 Å². The topological polar surface area (TPSA) is 61.8 Å². The smallest absolute Gasteiger partial charge is 0.305 e. The van der Waals surface area contributed by atoms with E-state index in [1.54, 1.807) is 6.08 Å². The van der Waals surface area contributed by atoms with Crippen molar-refractivity contribution < 1.29 is 22.1 Å². The Labute approximate surface area is 89.1 Å². The van der Waals surface area contributed by atoms with Gasteiger partial charge in [-0.15, -0.1) is 0 Å². The van der Waals surface area contributed by atoms with Crippen LogP contribution in [0.2, 0.25) is 0 Å². The van der Waals surface area contributed by atoms with Gasteiger partial charge in [-0.1, -0.05) is 0 Å². The number of hydrogen-bond acceptors (Lipinski definition) is 5. The molecule has 0 N–H and O–H groups in total. The molecule has 2 aliphatic rings. The van der Waals surface area contributed by atoms with Crippen LogP contribution in [-0.4, -0.2) is 33.7 Å². The van der Waals surface area contributed by atoms with Crippen molar-refractivity contribution in [3.05, 3.63) is 11.8 Å². The van der Waals surface area contributed by atoms with Crippen molar-refractivity contribution in [3.8, 4) is 0 Å². The Morgan fingerprint density at radius 1 is 1.40 bits per heavy atom. The minimum absolute atomic E-state index is 0.488. The van der Waals surface area contributed by atoms with Crippen LogP contribution in [0, 0.1) is 0 Å². The number of hydrogen-bond donors (Lipinski definition) is 0. The first kappa shape index (κ1) is 10.9. The van der Waals surface area contributed by atoms with Gasteiger partial charge in [0.1, 0.15) is 5.76 Å². The number of allylic oxidation sites excluding steroid dienone is 1. The van der Waals surface area contributed by atoms with E-state index in [0.717, 1.165) is 6.26 Å². The molecule has 1 spiro atoms. The highest BCUT2D eigenvalue weighted by molar-refractivity contribution is 7.86. The Kier molecular flexibility index (Phi) is 2.74. The summed E-state index contributed by atoms with van der Waals surface area (Å²) < 4.78 is 37.6. The highest BCUT2D eigenvalue weighted by atomic mass is 32.2. The van der Waals surface area contributed by atoms with Gasteiger partial charge in [0, 0.05) is 19.3 Å². The second-order valence-electron chi connectivity index (χ2n) is 3.77. The lowest BCUT2D eigenvalue weighted by atomic mass is 9.99. The van der Waals surface area contributed by atoms with Crippen LogP contribution in [0.1, 0.15) is 19.3 Å². The van der Waals surface area contributed by atoms with Gasteiger partial charge < -0.3 is 13.7 Å². The zero-order chi connectivity index (χ0) is 10.9. The molecule has 0 atom stereocenters. The minimum Gasteiger partial charge on any atom is -0.387 e. The molecule has 1 heterocycles. The molecule has 0 amide bonds. The zero-order valence-electron chi connectivity index (χ0n) is 8.56. The van der Waals surface area contributed by atoms with Gasteiger partial charge in [0.2, 0.25) is 0 Å². The van der Waals surface area contributed by atoms with E-state index < -0.39 is 15.9 Å². The van der Waals surface area contributed by atoms with E-state index in [4.69, 9.17) is 13.7 Å². The summed E-state index contributed by atoms with van der Waals surface area (Å²) in [5.41, 5.74) is 0. The van der Waals surface area contributed by atoms with Crippen LogP contribution in [0.25, 0.3) is 0 Å². The van der Waals surface area contributed by atoms with Crippen molar-refractivity contribution in [2.75, 3.05) is 19.5 Å². The van der Waals surface area contributed by atoms with Gasteiger partial charge in [0.25, 0.3) is 0 Å². The van der Waals surface area contributed by atoms with Gasteiger partial charge in [0.15, 0.2) is 5.79 Å². The van der Waals surface area contributed by atoms with Crippen molar-refractivity contribution in [1.82, 2.24) is 0 Å². The van der Waals surface area contributed by atoms with Crippen LogP contribution in [0.3, 0.4) is 0 Å². The lowest BCUT2D eigenvalue weighted by Crippen LogP contribution is -2.32. The molecular formula is C9H14O5S. The summed E-state index contributed by atoms with van der Waals surface area (Å²) in [4.78, 5) is 0. The molecule has 1 aliphatic carbocycles. The summed E-state index contributed by atoms with van der Waals surface area (Å²) >= 11 is 0. The van der Waals surface area contributed by atoms with Crippen molar-refractivity contribution in [2.45, 2.75) is 25.0 Å². The SMILES string of the molecule is CS(=O)(=O)OC1=CCC2(CC1)OCCO2. The quantitative estimate of drug-likeness (QED) is 0.660. The molecule has 0 aromatic rings. The van der Waals surface area contributed by atoms with Crippen LogP contribution in [0.15, 0.2) is 11.8 Å². The summed E-state index contributed by atoms with van der Waals surface area (Å²) in [5.74, 6) is -0.0353. The molecule has 5 nitrogen and oxygen atoms in total. The molecule has 0 aromatic carbocycles. The van der Waals surface area contributed by atoms with Crippen molar-refractivity contribution in [3.63, 3.8) is 0 Å². The summed E-state index contributed by atoms with van der Waals surface area (Å²) in [6.45, 7) is 1.21. The fourth-order valence-corrected chi connectivity index (χ4v) is 2.36. The molecule has 0 radical (unpaired) electrons. The fraction of sp³-hybridized carbons (Fsp3) is 0.778. The summed E-state index contributed by atoms with van der Waals surface area (Å²) in [6, 6.07) is 0. The summed E-state index contributed by atoms with van der Waals surface area (Å²) in [6.07, 6.45) is 4.51. The van der Waals surface area contributed by atoms with Crippen LogP contribution in [0.4, 0.5) is 0 Å². The van der Waals surface area contributed by atoms with Gasteiger partial charge in [-0.2, -0.15) is 8.42 Å². The third kappa shape index (κ3) is 2.70. The molecule has 86 valence electrons. The van der Waals surface area contributed by atoms with E-state index in [0.29, 0.717) is 38.2 Å². The predicted molar refractivity (Wildman–Crippen MR) is 52.5 cm³/mol. The van der Waals surface area contributed by atoms with Gasteiger partial charge in [0.05, 0.1) is 19.5 Å². The third-order valence-corrected chi connectivity index (χ3v) is 2.98. The Morgan fingerprint density at radius 3 is 2.53 bits per heavy atom. The molecule has 1 fully saturated rings. The second-order valence-corrected chi connectivity index (χ2v) is 5.34. The predicted octanol–water partition coefficient (Wildman–Crippen LogP) is 0.774. The normalized spacial score (nSPS) is 25.3. The lowest BCUT2D eigenvalue weighted by Gasteiger charge is -2.29. The van der Waals surface area contributed by atoms with Crippen LogP contribution in [-0.2, 0) is 23.8 Å². The van der Waals surface area contributed by atoms with E-state index >= 15 is 0 Å². The molecule has 0 aromatic heterocycles. The van der Waals surface area contributed by atoms with Gasteiger partial charge >= 0.3 is 10.1 Å². The molecular weight excluding hydrogens is 220 g/mol. The highest BCUT2D eigenvalue weighted by Crippen LogP contribution is 2.35. The average molecular weight is 234 g/mol. The molecule has 0 saturated carbocycles. The maximum absolute atomic E-state index is 10.9. The van der Waals surface area contributed by atoms with Crippen molar-refractivity contribution in [2.24, 2.45) is 0 Å². The molecule has 6 heteroatoms. The monoisotopic (exact) mass is 234 g/mol. The summed E-state index contributed by atoms with van der Waals surface area (Å²) in [7, 11) is -3.41. The first-order valence-corrected chi connectivity index (χ1v) is 6.67.